The first kappa shape index (κ1) is 14.5. The second-order valence-corrected chi connectivity index (χ2v) is 5.70. The van der Waals surface area contributed by atoms with Gasteiger partial charge in [-0.15, -0.1) is 0 Å². The van der Waals surface area contributed by atoms with Crippen molar-refractivity contribution in [2.24, 2.45) is 0 Å². The van der Waals surface area contributed by atoms with Crippen molar-refractivity contribution in [1.29, 1.82) is 5.26 Å². The number of hydrogen-bond donors (Lipinski definition) is 1. The topological polar surface area (TPSA) is 74.5 Å². The minimum atomic E-state index is -0.466. The van der Waals surface area contributed by atoms with Gasteiger partial charge in [-0.3, -0.25) is 4.98 Å². The normalized spacial score (nSPS) is 16.2. The zero-order chi connectivity index (χ0) is 15.4. The van der Waals surface area contributed by atoms with Crippen molar-refractivity contribution in [3.8, 4) is 6.07 Å². The molecular formula is C17H19N5. The van der Waals surface area contributed by atoms with Crippen LogP contribution in [0, 0.1) is 18.3 Å². The molecule has 1 unspecified atom stereocenters. The van der Waals surface area contributed by atoms with E-state index in [2.05, 4.69) is 26.3 Å². The molecule has 0 aromatic carbocycles. The van der Waals surface area contributed by atoms with Gasteiger partial charge >= 0.3 is 0 Å². The number of anilines is 1. The van der Waals surface area contributed by atoms with Gasteiger partial charge in [0.2, 0.25) is 5.95 Å². The summed E-state index contributed by atoms with van der Waals surface area (Å²) in [6.07, 6.45) is 6.53. The Kier molecular flexibility index (Phi) is 4.29. The third-order valence-corrected chi connectivity index (χ3v) is 3.97. The van der Waals surface area contributed by atoms with E-state index in [-0.39, 0.29) is 0 Å². The van der Waals surface area contributed by atoms with Crippen LogP contribution >= 0.6 is 0 Å². The molecule has 0 saturated heterocycles. The number of aromatic nitrogens is 3. The van der Waals surface area contributed by atoms with Crippen molar-refractivity contribution < 1.29 is 0 Å². The Morgan fingerprint density at radius 2 is 2.05 bits per heavy atom. The fourth-order valence-corrected chi connectivity index (χ4v) is 2.89. The molecule has 1 saturated carbocycles. The van der Waals surface area contributed by atoms with E-state index in [1.807, 2.05) is 31.2 Å². The van der Waals surface area contributed by atoms with Crippen LogP contribution in [0.3, 0.4) is 0 Å². The number of aryl methyl sites for hydroxylation is 1. The number of nitrogens with zero attached hydrogens (tertiary/aromatic N) is 4. The van der Waals surface area contributed by atoms with Crippen molar-refractivity contribution in [2.75, 3.05) is 5.32 Å². The number of nitrogens with one attached hydrogen (secondary N) is 1. The molecule has 1 aliphatic rings. The van der Waals surface area contributed by atoms with E-state index in [9.17, 15) is 5.26 Å². The number of pyridine rings is 1. The lowest BCUT2D eigenvalue weighted by Gasteiger charge is -2.15. The maximum atomic E-state index is 9.53. The molecule has 112 valence electrons. The predicted molar refractivity (Wildman–Crippen MR) is 84.3 cm³/mol. The van der Waals surface area contributed by atoms with Crippen LogP contribution in [0.15, 0.2) is 30.5 Å². The number of nitriles is 1. The monoisotopic (exact) mass is 293 g/mol. The summed E-state index contributed by atoms with van der Waals surface area (Å²) < 4.78 is 0. The van der Waals surface area contributed by atoms with E-state index in [0.717, 1.165) is 24.2 Å². The van der Waals surface area contributed by atoms with Gasteiger partial charge < -0.3 is 5.32 Å². The van der Waals surface area contributed by atoms with Crippen LogP contribution in [0.5, 0.6) is 0 Å². The van der Waals surface area contributed by atoms with Crippen LogP contribution in [0.25, 0.3) is 0 Å². The van der Waals surface area contributed by atoms with Crippen LogP contribution in [-0.4, -0.2) is 21.0 Å². The maximum Gasteiger partial charge on any atom is 0.223 e. The van der Waals surface area contributed by atoms with Crippen molar-refractivity contribution >= 4 is 5.95 Å². The largest absolute Gasteiger partial charge is 0.351 e. The Bertz CT molecular complexity index is 671. The van der Waals surface area contributed by atoms with Gasteiger partial charge in [0.05, 0.1) is 17.5 Å². The maximum absolute atomic E-state index is 9.53. The fraction of sp³-hybridized carbons (Fsp3) is 0.412. The van der Waals surface area contributed by atoms with E-state index >= 15 is 0 Å². The molecule has 1 N–H and O–H groups in total. The summed E-state index contributed by atoms with van der Waals surface area (Å²) in [5, 5.41) is 12.9. The molecule has 1 aliphatic carbocycles. The Labute approximate surface area is 130 Å². The molecule has 3 rings (SSSR count). The third-order valence-electron chi connectivity index (χ3n) is 3.97. The molecule has 0 radical (unpaired) electrons. The molecular weight excluding hydrogens is 274 g/mol. The van der Waals surface area contributed by atoms with E-state index in [1.54, 1.807) is 6.20 Å². The minimum absolute atomic E-state index is 0.449. The highest BCUT2D eigenvalue weighted by Crippen LogP contribution is 2.24. The van der Waals surface area contributed by atoms with Crippen molar-refractivity contribution in [3.63, 3.8) is 0 Å². The van der Waals surface area contributed by atoms with Crippen LogP contribution in [0.4, 0.5) is 5.95 Å². The van der Waals surface area contributed by atoms with Crippen LogP contribution < -0.4 is 5.32 Å². The Balaban J connectivity index is 1.89. The van der Waals surface area contributed by atoms with Crippen molar-refractivity contribution in [3.05, 3.63) is 47.5 Å². The quantitative estimate of drug-likeness (QED) is 0.937. The fourth-order valence-electron chi connectivity index (χ4n) is 2.89. The first-order valence-corrected chi connectivity index (χ1v) is 7.69. The molecule has 1 fully saturated rings. The highest BCUT2D eigenvalue weighted by molar-refractivity contribution is 5.36. The van der Waals surface area contributed by atoms with E-state index in [0.29, 0.717) is 17.7 Å². The highest BCUT2D eigenvalue weighted by Gasteiger charge is 2.20. The first-order chi connectivity index (χ1) is 10.8. The lowest BCUT2D eigenvalue weighted by atomic mass is 10.0. The molecule has 0 spiro atoms. The summed E-state index contributed by atoms with van der Waals surface area (Å²) >= 11 is 0. The predicted octanol–water partition coefficient (Wildman–Crippen LogP) is 3.19. The van der Waals surface area contributed by atoms with Gasteiger partial charge in [-0.2, -0.15) is 5.26 Å². The number of hydrogen-bond acceptors (Lipinski definition) is 5. The summed E-state index contributed by atoms with van der Waals surface area (Å²) in [6.45, 7) is 1.93. The molecule has 2 aromatic heterocycles. The van der Waals surface area contributed by atoms with Gasteiger partial charge in [0.1, 0.15) is 5.92 Å². The summed E-state index contributed by atoms with van der Waals surface area (Å²) in [6, 6.07) is 10.2. The standard InChI is InChI=1S/C17H19N5/c1-12-10-16(14(11-18)15-8-4-5-9-19-15)22-17(20-12)21-13-6-2-3-7-13/h4-5,8-10,13-14H,2-3,6-7H2,1H3,(H,20,21,22). The van der Waals surface area contributed by atoms with E-state index in [1.165, 1.54) is 12.8 Å². The highest BCUT2D eigenvalue weighted by atomic mass is 15.1. The molecule has 1 atom stereocenters. The van der Waals surface area contributed by atoms with E-state index < -0.39 is 5.92 Å². The van der Waals surface area contributed by atoms with E-state index in [4.69, 9.17) is 0 Å². The van der Waals surface area contributed by atoms with Crippen LogP contribution in [0.1, 0.15) is 48.7 Å². The molecule has 0 bridgehead atoms. The first-order valence-electron chi connectivity index (χ1n) is 7.69. The zero-order valence-corrected chi connectivity index (χ0v) is 12.7. The van der Waals surface area contributed by atoms with Crippen LogP contribution in [0.2, 0.25) is 0 Å². The smallest absolute Gasteiger partial charge is 0.223 e. The molecule has 5 nitrogen and oxygen atoms in total. The van der Waals surface area contributed by atoms with Gasteiger partial charge in [0, 0.05) is 17.9 Å². The third kappa shape index (κ3) is 3.22. The SMILES string of the molecule is Cc1cc(C(C#N)c2ccccn2)nc(NC2CCCC2)n1. The molecule has 2 aromatic rings. The lowest BCUT2D eigenvalue weighted by molar-refractivity contribution is 0.739. The summed E-state index contributed by atoms with van der Waals surface area (Å²) in [5.41, 5.74) is 2.28. The van der Waals surface area contributed by atoms with Crippen molar-refractivity contribution in [1.82, 2.24) is 15.0 Å². The van der Waals surface area contributed by atoms with Gasteiger partial charge in [0.15, 0.2) is 0 Å². The van der Waals surface area contributed by atoms with Gasteiger partial charge in [-0.25, -0.2) is 9.97 Å². The zero-order valence-electron chi connectivity index (χ0n) is 12.7. The average Bonchev–Trinajstić information content (AvgIpc) is 3.01. The van der Waals surface area contributed by atoms with Gasteiger partial charge in [0.25, 0.3) is 0 Å². The average molecular weight is 293 g/mol. The minimum Gasteiger partial charge on any atom is -0.351 e. The van der Waals surface area contributed by atoms with Crippen LogP contribution in [-0.2, 0) is 0 Å². The molecule has 22 heavy (non-hydrogen) atoms. The summed E-state index contributed by atoms with van der Waals surface area (Å²) in [5.74, 6) is 0.158. The summed E-state index contributed by atoms with van der Waals surface area (Å²) in [7, 11) is 0. The molecule has 0 amide bonds. The van der Waals surface area contributed by atoms with Gasteiger partial charge in [-0.05, 0) is 38.0 Å². The van der Waals surface area contributed by atoms with Gasteiger partial charge in [-0.1, -0.05) is 18.9 Å². The summed E-state index contributed by atoms with van der Waals surface area (Å²) in [4.78, 5) is 13.3. The Morgan fingerprint density at radius 1 is 1.23 bits per heavy atom. The second kappa shape index (κ2) is 6.52. The second-order valence-electron chi connectivity index (χ2n) is 5.70. The molecule has 5 heteroatoms. The Morgan fingerprint density at radius 3 is 2.73 bits per heavy atom. The van der Waals surface area contributed by atoms with Crippen molar-refractivity contribution in [2.45, 2.75) is 44.6 Å². The lowest BCUT2D eigenvalue weighted by Crippen LogP contribution is -2.18. The number of rotatable bonds is 4. The molecule has 0 aliphatic heterocycles. The Hall–Kier alpha value is -2.48. The molecule has 2 heterocycles.